The summed E-state index contributed by atoms with van der Waals surface area (Å²) in [5.74, 6) is 0.727. The molecule has 1 saturated heterocycles. The highest BCUT2D eigenvalue weighted by Crippen LogP contribution is 2.30. The molecule has 6 heteroatoms. The maximum absolute atomic E-state index is 13.2. The van der Waals surface area contributed by atoms with Crippen molar-refractivity contribution in [2.45, 2.75) is 25.8 Å². The number of hydrogen-bond donors (Lipinski definition) is 1. The summed E-state index contributed by atoms with van der Waals surface area (Å²) in [7, 11) is 0. The molecule has 170 valence electrons. The van der Waals surface area contributed by atoms with Gasteiger partial charge in [0.05, 0.1) is 5.52 Å². The van der Waals surface area contributed by atoms with Gasteiger partial charge in [-0.25, -0.2) is 0 Å². The topological polar surface area (TPSA) is 46.5 Å². The normalized spacial score (nSPS) is 14.0. The molecular weight excluding hydrogens is 422 g/mol. The van der Waals surface area contributed by atoms with Crippen molar-refractivity contribution in [1.29, 1.82) is 0 Å². The SMILES string of the molecule is C=CCOc1cccc2c1cc(C(=O)NCCN1CCCCC1)n2Cc1ccccc1.Cl. The van der Waals surface area contributed by atoms with Crippen LogP contribution in [0, 0.1) is 0 Å². The molecule has 4 rings (SSSR count). The van der Waals surface area contributed by atoms with Gasteiger partial charge in [0.2, 0.25) is 0 Å². The minimum Gasteiger partial charge on any atom is -0.489 e. The van der Waals surface area contributed by atoms with Gasteiger partial charge >= 0.3 is 0 Å². The highest BCUT2D eigenvalue weighted by Gasteiger charge is 2.18. The molecule has 0 aliphatic carbocycles. The number of carbonyl (C=O) groups is 1. The van der Waals surface area contributed by atoms with Crippen LogP contribution < -0.4 is 10.1 Å². The summed E-state index contributed by atoms with van der Waals surface area (Å²) < 4.78 is 7.94. The largest absolute Gasteiger partial charge is 0.489 e. The molecule has 1 aliphatic heterocycles. The number of likely N-dealkylation sites (tertiary alicyclic amines) is 1. The van der Waals surface area contributed by atoms with Crippen LogP contribution >= 0.6 is 12.4 Å². The Labute approximate surface area is 196 Å². The van der Waals surface area contributed by atoms with Crippen molar-refractivity contribution in [3.8, 4) is 5.75 Å². The molecule has 1 amide bonds. The summed E-state index contributed by atoms with van der Waals surface area (Å²) in [5, 5.41) is 4.08. The van der Waals surface area contributed by atoms with Crippen LogP contribution in [-0.2, 0) is 6.54 Å². The highest BCUT2D eigenvalue weighted by atomic mass is 35.5. The van der Waals surface area contributed by atoms with Crippen LogP contribution in [0.15, 0.2) is 67.3 Å². The van der Waals surface area contributed by atoms with Crippen molar-refractivity contribution in [3.05, 3.63) is 78.5 Å². The second-order valence-corrected chi connectivity index (χ2v) is 8.05. The van der Waals surface area contributed by atoms with Gasteiger partial charge in [0.15, 0.2) is 0 Å². The lowest BCUT2D eigenvalue weighted by Crippen LogP contribution is -2.38. The number of nitrogens with zero attached hydrogens (tertiary/aromatic N) is 2. The maximum Gasteiger partial charge on any atom is 0.268 e. The summed E-state index contributed by atoms with van der Waals surface area (Å²) in [6, 6.07) is 18.1. The molecule has 0 atom stereocenters. The summed E-state index contributed by atoms with van der Waals surface area (Å²) in [4.78, 5) is 15.6. The maximum atomic E-state index is 13.2. The van der Waals surface area contributed by atoms with Crippen LogP contribution in [0.25, 0.3) is 10.9 Å². The Morgan fingerprint density at radius 1 is 1.06 bits per heavy atom. The average molecular weight is 454 g/mol. The smallest absolute Gasteiger partial charge is 0.268 e. The van der Waals surface area contributed by atoms with Crippen LogP contribution in [0.3, 0.4) is 0 Å². The number of halogens is 1. The molecule has 2 heterocycles. The monoisotopic (exact) mass is 453 g/mol. The van der Waals surface area contributed by atoms with Gasteiger partial charge in [0.1, 0.15) is 18.1 Å². The number of rotatable bonds is 9. The Hall–Kier alpha value is -2.76. The lowest BCUT2D eigenvalue weighted by atomic mass is 10.1. The molecule has 3 aromatic rings. The average Bonchev–Trinajstić information content (AvgIpc) is 3.18. The molecule has 1 aliphatic rings. The molecule has 0 saturated carbocycles. The quantitative estimate of drug-likeness (QED) is 0.469. The number of hydrogen-bond acceptors (Lipinski definition) is 3. The summed E-state index contributed by atoms with van der Waals surface area (Å²) in [6.45, 7) is 8.62. The van der Waals surface area contributed by atoms with Crippen LogP contribution in [0.5, 0.6) is 5.75 Å². The van der Waals surface area contributed by atoms with Gasteiger partial charge < -0.3 is 19.5 Å². The molecule has 32 heavy (non-hydrogen) atoms. The lowest BCUT2D eigenvalue weighted by Gasteiger charge is -2.26. The number of ether oxygens (including phenoxy) is 1. The molecule has 1 aromatic heterocycles. The van der Waals surface area contributed by atoms with Crippen LogP contribution in [0.1, 0.15) is 35.3 Å². The van der Waals surface area contributed by atoms with Crippen LogP contribution in [0.2, 0.25) is 0 Å². The fourth-order valence-corrected chi connectivity index (χ4v) is 4.26. The fraction of sp³-hybridized carbons (Fsp3) is 0.346. The van der Waals surface area contributed by atoms with Gasteiger partial charge in [-0.15, -0.1) is 12.4 Å². The van der Waals surface area contributed by atoms with Crippen molar-refractivity contribution in [2.75, 3.05) is 32.8 Å². The minimum absolute atomic E-state index is 0. The summed E-state index contributed by atoms with van der Waals surface area (Å²) in [6.07, 6.45) is 5.56. The van der Waals surface area contributed by atoms with Crippen molar-refractivity contribution >= 4 is 29.2 Å². The lowest BCUT2D eigenvalue weighted by molar-refractivity contribution is 0.0938. The van der Waals surface area contributed by atoms with E-state index in [1.54, 1.807) is 6.08 Å². The Kier molecular flexibility index (Phi) is 8.77. The zero-order valence-electron chi connectivity index (χ0n) is 18.5. The van der Waals surface area contributed by atoms with Crippen LogP contribution in [0.4, 0.5) is 0 Å². The van der Waals surface area contributed by atoms with Gasteiger partial charge in [0.25, 0.3) is 5.91 Å². The van der Waals surface area contributed by atoms with Gasteiger partial charge in [-0.1, -0.05) is 55.5 Å². The first-order valence-electron chi connectivity index (χ1n) is 11.2. The first kappa shape index (κ1) is 23.9. The summed E-state index contributed by atoms with van der Waals surface area (Å²) >= 11 is 0. The van der Waals surface area contributed by atoms with E-state index < -0.39 is 0 Å². The number of benzene rings is 2. The molecule has 0 bridgehead atoms. The number of aromatic nitrogens is 1. The third-order valence-electron chi connectivity index (χ3n) is 5.84. The van der Waals surface area contributed by atoms with Gasteiger partial charge in [0, 0.05) is 25.0 Å². The molecule has 0 unspecified atom stereocenters. The number of fused-ring (bicyclic) bond motifs is 1. The molecule has 0 radical (unpaired) electrons. The van der Waals surface area contributed by atoms with E-state index in [0.717, 1.165) is 41.9 Å². The predicted octanol–water partition coefficient (Wildman–Crippen LogP) is 4.89. The van der Waals surface area contributed by atoms with Gasteiger partial charge in [-0.2, -0.15) is 0 Å². The molecule has 1 N–H and O–H groups in total. The first-order valence-corrected chi connectivity index (χ1v) is 11.2. The van der Waals surface area contributed by atoms with E-state index in [0.29, 0.717) is 25.4 Å². The zero-order valence-corrected chi connectivity index (χ0v) is 19.3. The third kappa shape index (κ3) is 5.72. The molecule has 5 nitrogen and oxygen atoms in total. The Morgan fingerprint density at radius 3 is 2.59 bits per heavy atom. The van der Waals surface area contributed by atoms with E-state index >= 15 is 0 Å². The molecule has 2 aromatic carbocycles. The first-order chi connectivity index (χ1) is 15.3. The third-order valence-corrected chi connectivity index (χ3v) is 5.84. The Morgan fingerprint density at radius 2 is 1.84 bits per heavy atom. The second-order valence-electron chi connectivity index (χ2n) is 8.05. The van der Waals surface area contributed by atoms with E-state index in [2.05, 4.69) is 33.5 Å². The number of piperidine rings is 1. The standard InChI is InChI=1S/C26H31N3O2.ClH/c1-2-18-31-25-13-9-12-23-22(25)19-24(29(23)20-21-10-5-3-6-11-21)26(30)27-14-17-28-15-7-4-8-16-28;/h2-3,5-6,9-13,19H,1,4,7-8,14-18,20H2,(H,27,30);1H. The zero-order chi connectivity index (χ0) is 21.5. The van der Waals surface area contributed by atoms with Crippen molar-refractivity contribution < 1.29 is 9.53 Å². The summed E-state index contributed by atoms with van der Waals surface area (Å²) in [5.41, 5.74) is 2.80. The highest BCUT2D eigenvalue weighted by molar-refractivity contribution is 6.00. The second kappa shape index (κ2) is 11.7. The fourth-order valence-electron chi connectivity index (χ4n) is 4.26. The van der Waals surface area contributed by atoms with E-state index in [-0.39, 0.29) is 18.3 Å². The van der Waals surface area contributed by atoms with Crippen molar-refractivity contribution in [3.63, 3.8) is 0 Å². The molecule has 0 spiro atoms. The van der Waals surface area contributed by atoms with Crippen LogP contribution in [-0.4, -0.2) is 48.2 Å². The van der Waals surface area contributed by atoms with Gasteiger partial charge in [-0.05, 0) is 49.7 Å². The van der Waals surface area contributed by atoms with Crippen molar-refractivity contribution in [1.82, 2.24) is 14.8 Å². The van der Waals surface area contributed by atoms with E-state index in [1.165, 1.54) is 19.3 Å². The number of carbonyl (C=O) groups excluding carboxylic acids is 1. The Balaban J connectivity index is 0.00000289. The number of amides is 1. The van der Waals surface area contributed by atoms with Gasteiger partial charge in [-0.3, -0.25) is 4.79 Å². The van der Waals surface area contributed by atoms with E-state index in [1.807, 2.05) is 42.5 Å². The molecular formula is C26H32ClN3O2. The predicted molar refractivity (Wildman–Crippen MR) is 133 cm³/mol. The van der Waals surface area contributed by atoms with Crippen molar-refractivity contribution in [2.24, 2.45) is 0 Å². The number of nitrogens with one attached hydrogen (secondary N) is 1. The minimum atomic E-state index is -0.0428. The molecule has 1 fully saturated rings. The van der Waals surface area contributed by atoms with E-state index in [9.17, 15) is 4.79 Å². The Bertz CT molecular complexity index is 1030. The van der Waals surface area contributed by atoms with E-state index in [4.69, 9.17) is 4.74 Å².